The van der Waals surface area contributed by atoms with Gasteiger partial charge in [0.25, 0.3) is 0 Å². The second-order valence-corrected chi connectivity index (χ2v) is 6.11. The van der Waals surface area contributed by atoms with Crippen molar-refractivity contribution in [3.05, 3.63) is 71.3 Å². The van der Waals surface area contributed by atoms with E-state index in [0.29, 0.717) is 4.99 Å². The van der Waals surface area contributed by atoms with Crippen LogP contribution in [0.3, 0.4) is 0 Å². The molecular weight excluding hydrogens is 276 g/mol. The summed E-state index contributed by atoms with van der Waals surface area (Å²) in [6, 6.07) is 19.5. The Morgan fingerprint density at radius 3 is 2.43 bits per heavy atom. The molecule has 3 rings (SSSR count). The van der Waals surface area contributed by atoms with Gasteiger partial charge in [-0.25, -0.2) is 0 Å². The highest BCUT2D eigenvalue weighted by Gasteiger charge is 2.25. The third kappa shape index (κ3) is 3.31. The molecule has 2 nitrogen and oxygen atoms in total. The molecule has 2 aromatic carbocycles. The maximum atomic E-state index is 5.84. The van der Waals surface area contributed by atoms with Crippen LogP contribution in [0, 0.1) is 0 Å². The SMILES string of the molecule is NC(=S)CC(c1ccccc1)N1CCc2ccccc2C1. The van der Waals surface area contributed by atoms with E-state index in [1.807, 2.05) is 6.07 Å². The third-order valence-electron chi connectivity index (χ3n) is 4.18. The molecule has 0 radical (unpaired) electrons. The van der Waals surface area contributed by atoms with Crippen molar-refractivity contribution >= 4 is 17.2 Å². The number of thiocarbonyl (C=S) groups is 1. The lowest BCUT2D eigenvalue weighted by Gasteiger charge is -2.36. The van der Waals surface area contributed by atoms with Crippen LogP contribution >= 0.6 is 12.2 Å². The van der Waals surface area contributed by atoms with Gasteiger partial charge in [0.2, 0.25) is 0 Å². The number of benzene rings is 2. The second-order valence-electron chi connectivity index (χ2n) is 5.59. The minimum atomic E-state index is 0.275. The Labute approximate surface area is 131 Å². The van der Waals surface area contributed by atoms with E-state index in [0.717, 1.165) is 25.9 Å². The Hall–Kier alpha value is -1.71. The molecule has 1 aliphatic rings. The van der Waals surface area contributed by atoms with Crippen LogP contribution in [-0.2, 0) is 13.0 Å². The molecule has 1 unspecified atom stereocenters. The normalized spacial score (nSPS) is 16.2. The fourth-order valence-electron chi connectivity index (χ4n) is 3.11. The first-order valence-corrected chi connectivity index (χ1v) is 7.79. The largest absolute Gasteiger partial charge is 0.393 e. The molecule has 0 bridgehead atoms. The first kappa shape index (κ1) is 14.2. The summed E-state index contributed by atoms with van der Waals surface area (Å²) in [7, 11) is 0. The number of fused-ring (bicyclic) bond motifs is 1. The van der Waals surface area contributed by atoms with E-state index in [4.69, 9.17) is 18.0 Å². The lowest BCUT2D eigenvalue weighted by Crippen LogP contribution is -2.36. The van der Waals surface area contributed by atoms with Crippen molar-refractivity contribution in [2.75, 3.05) is 6.54 Å². The Balaban J connectivity index is 1.86. The quantitative estimate of drug-likeness (QED) is 0.876. The van der Waals surface area contributed by atoms with E-state index in [2.05, 4.69) is 53.4 Å². The molecular formula is C18H20N2S. The van der Waals surface area contributed by atoms with Crippen LogP contribution in [0.4, 0.5) is 0 Å². The zero-order valence-electron chi connectivity index (χ0n) is 12.0. The molecule has 1 atom stereocenters. The predicted molar refractivity (Wildman–Crippen MR) is 91.1 cm³/mol. The van der Waals surface area contributed by atoms with Crippen molar-refractivity contribution in [1.29, 1.82) is 0 Å². The molecule has 0 aromatic heterocycles. The smallest absolute Gasteiger partial charge is 0.0746 e. The van der Waals surface area contributed by atoms with Crippen LogP contribution in [0.5, 0.6) is 0 Å². The summed E-state index contributed by atoms with van der Waals surface area (Å²) in [6.45, 7) is 2.03. The summed E-state index contributed by atoms with van der Waals surface area (Å²) in [5.74, 6) is 0. The van der Waals surface area contributed by atoms with Gasteiger partial charge in [-0.2, -0.15) is 0 Å². The maximum absolute atomic E-state index is 5.84. The van der Waals surface area contributed by atoms with Gasteiger partial charge in [-0.1, -0.05) is 66.8 Å². The number of hydrogen-bond acceptors (Lipinski definition) is 2. The molecule has 0 fully saturated rings. The molecule has 0 saturated heterocycles. The maximum Gasteiger partial charge on any atom is 0.0746 e. The molecule has 0 aliphatic carbocycles. The molecule has 1 aliphatic heterocycles. The van der Waals surface area contributed by atoms with Crippen LogP contribution in [0.15, 0.2) is 54.6 Å². The average Bonchev–Trinajstić information content (AvgIpc) is 2.53. The molecule has 0 amide bonds. The summed E-state index contributed by atoms with van der Waals surface area (Å²) in [5.41, 5.74) is 10.0. The molecule has 3 heteroatoms. The van der Waals surface area contributed by atoms with E-state index in [1.54, 1.807) is 0 Å². The lowest BCUT2D eigenvalue weighted by molar-refractivity contribution is 0.183. The van der Waals surface area contributed by atoms with Crippen molar-refractivity contribution < 1.29 is 0 Å². The average molecular weight is 296 g/mol. The summed E-state index contributed by atoms with van der Waals surface area (Å²) in [5, 5.41) is 0. The van der Waals surface area contributed by atoms with Crippen LogP contribution < -0.4 is 5.73 Å². The Kier molecular flexibility index (Phi) is 4.32. The highest BCUT2D eigenvalue weighted by atomic mass is 32.1. The van der Waals surface area contributed by atoms with Crippen molar-refractivity contribution in [1.82, 2.24) is 4.90 Å². The van der Waals surface area contributed by atoms with E-state index in [-0.39, 0.29) is 6.04 Å². The highest BCUT2D eigenvalue weighted by molar-refractivity contribution is 7.80. The van der Waals surface area contributed by atoms with Gasteiger partial charge in [0, 0.05) is 25.6 Å². The number of nitrogens with two attached hydrogens (primary N) is 1. The van der Waals surface area contributed by atoms with E-state index in [9.17, 15) is 0 Å². The molecule has 1 heterocycles. The van der Waals surface area contributed by atoms with Gasteiger partial charge in [0.1, 0.15) is 0 Å². The van der Waals surface area contributed by atoms with Crippen molar-refractivity contribution in [3.63, 3.8) is 0 Å². The fourth-order valence-corrected chi connectivity index (χ4v) is 3.26. The van der Waals surface area contributed by atoms with Crippen LogP contribution in [0.25, 0.3) is 0 Å². The van der Waals surface area contributed by atoms with Crippen molar-refractivity contribution in [3.8, 4) is 0 Å². The standard InChI is InChI=1S/C18H20N2S/c19-18(21)12-17(15-7-2-1-3-8-15)20-11-10-14-6-4-5-9-16(14)13-20/h1-9,17H,10-13H2,(H2,19,21). The molecule has 0 saturated carbocycles. The van der Waals surface area contributed by atoms with Crippen molar-refractivity contribution in [2.24, 2.45) is 5.73 Å². The Morgan fingerprint density at radius 1 is 1.05 bits per heavy atom. The van der Waals surface area contributed by atoms with Gasteiger partial charge >= 0.3 is 0 Å². The molecule has 108 valence electrons. The van der Waals surface area contributed by atoms with Gasteiger partial charge in [-0.15, -0.1) is 0 Å². The van der Waals surface area contributed by atoms with Crippen molar-refractivity contribution in [2.45, 2.75) is 25.4 Å². The molecule has 0 spiro atoms. The van der Waals surface area contributed by atoms with Gasteiger partial charge in [-0.05, 0) is 23.1 Å². The predicted octanol–water partition coefficient (Wildman–Crippen LogP) is 3.46. The number of rotatable bonds is 4. The van der Waals surface area contributed by atoms with Gasteiger partial charge in [-0.3, -0.25) is 4.90 Å². The summed E-state index contributed by atoms with van der Waals surface area (Å²) in [6.07, 6.45) is 1.83. The third-order valence-corrected chi connectivity index (χ3v) is 4.35. The number of nitrogens with zero attached hydrogens (tertiary/aromatic N) is 1. The minimum Gasteiger partial charge on any atom is -0.393 e. The number of hydrogen-bond donors (Lipinski definition) is 1. The topological polar surface area (TPSA) is 29.3 Å². The first-order valence-electron chi connectivity index (χ1n) is 7.38. The molecule has 2 aromatic rings. The zero-order chi connectivity index (χ0) is 14.7. The Bertz CT molecular complexity index is 624. The fraction of sp³-hybridized carbons (Fsp3) is 0.278. The summed E-state index contributed by atoms with van der Waals surface area (Å²) >= 11 is 5.17. The van der Waals surface area contributed by atoms with Crippen LogP contribution in [0.1, 0.15) is 29.2 Å². The van der Waals surface area contributed by atoms with Crippen LogP contribution in [-0.4, -0.2) is 16.4 Å². The van der Waals surface area contributed by atoms with Crippen LogP contribution in [0.2, 0.25) is 0 Å². The first-order chi connectivity index (χ1) is 10.2. The zero-order valence-corrected chi connectivity index (χ0v) is 12.9. The van der Waals surface area contributed by atoms with E-state index < -0.39 is 0 Å². The summed E-state index contributed by atoms with van der Waals surface area (Å²) < 4.78 is 0. The van der Waals surface area contributed by atoms with Gasteiger partial charge in [0.05, 0.1) is 4.99 Å². The highest BCUT2D eigenvalue weighted by Crippen LogP contribution is 2.30. The summed E-state index contributed by atoms with van der Waals surface area (Å²) in [4.78, 5) is 3.08. The lowest BCUT2D eigenvalue weighted by atomic mass is 9.95. The minimum absolute atomic E-state index is 0.275. The monoisotopic (exact) mass is 296 g/mol. The van der Waals surface area contributed by atoms with Gasteiger partial charge in [0.15, 0.2) is 0 Å². The van der Waals surface area contributed by atoms with E-state index in [1.165, 1.54) is 16.7 Å². The second kappa shape index (κ2) is 6.37. The molecule has 21 heavy (non-hydrogen) atoms. The Morgan fingerprint density at radius 2 is 1.71 bits per heavy atom. The van der Waals surface area contributed by atoms with Gasteiger partial charge < -0.3 is 5.73 Å². The molecule has 2 N–H and O–H groups in total. The van der Waals surface area contributed by atoms with E-state index >= 15 is 0 Å².